The van der Waals surface area contributed by atoms with Gasteiger partial charge < -0.3 is 4.57 Å². The Morgan fingerprint density at radius 2 is 1.63 bits per heavy atom. The van der Waals surface area contributed by atoms with Crippen LogP contribution in [-0.2, 0) is 10.0 Å². The van der Waals surface area contributed by atoms with Gasteiger partial charge in [0.2, 0.25) is 0 Å². The van der Waals surface area contributed by atoms with E-state index in [0.29, 0.717) is 14.7 Å². The minimum absolute atomic E-state index is 0.248. The van der Waals surface area contributed by atoms with Gasteiger partial charge in [-0.3, -0.25) is 0 Å². The highest BCUT2D eigenvalue weighted by Crippen LogP contribution is 2.31. The number of pyridine rings is 1. The minimum atomic E-state index is -3.71. The highest BCUT2D eigenvalue weighted by Gasteiger charge is 2.24. The molecule has 0 unspecified atom stereocenters. The van der Waals surface area contributed by atoms with Gasteiger partial charge in [0, 0.05) is 11.4 Å². The van der Waals surface area contributed by atoms with Crippen LogP contribution in [0, 0.1) is 17.5 Å². The van der Waals surface area contributed by atoms with Gasteiger partial charge in [0.15, 0.2) is 5.82 Å². The Morgan fingerprint density at radius 3 is 2.26 bits per heavy atom. The van der Waals surface area contributed by atoms with Crippen molar-refractivity contribution in [2.75, 3.05) is 0 Å². The maximum atomic E-state index is 13.2. The molecule has 0 atom stereocenters. The molecule has 27 heavy (non-hydrogen) atoms. The van der Waals surface area contributed by atoms with Gasteiger partial charge in [-0.05, 0) is 88.8 Å². The Bertz CT molecular complexity index is 1260. The number of benzene rings is 1. The summed E-state index contributed by atoms with van der Waals surface area (Å²) >= 11 is 5.62. The van der Waals surface area contributed by atoms with E-state index in [4.69, 9.17) is 4.98 Å². The van der Waals surface area contributed by atoms with Crippen molar-refractivity contribution in [3.05, 3.63) is 74.2 Å². The van der Waals surface area contributed by atoms with Crippen LogP contribution in [0.2, 0.25) is 0 Å². The molecule has 4 rings (SSSR count). The van der Waals surface area contributed by atoms with Crippen molar-refractivity contribution >= 4 is 59.6 Å². The van der Waals surface area contributed by atoms with Crippen LogP contribution in [0.25, 0.3) is 16.9 Å². The van der Waals surface area contributed by atoms with E-state index in [1.165, 1.54) is 3.97 Å². The number of rotatable bonds is 3. The van der Waals surface area contributed by atoms with Crippen molar-refractivity contribution in [3.63, 3.8) is 0 Å². The highest BCUT2D eigenvalue weighted by molar-refractivity contribution is 14.1. The molecule has 4 aromatic rings. The molecule has 0 amide bonds. The fourth-order valence-corrected chi connectivity index (χ4v) is 6.36. The van der Waals surface area contributed by atoms with Gasteiger partial charge in [0.1, 0.15) is 0 Å². The van der Waals surface area contributed by atoms with E-state index in [1.807, 2.05) is 59.2 Å². The Balaban J connectivity index is 1.99. The first kappa shape index (κ1) is 18.7. The summed E-state index contributed by atoms with van der Waals surface area (Å²) in [4.78, 5) is 5.00. The first-order valence-electron chi connectivity index (χ1n) is 8.14. The second-order valence-corrected chi connectivity index (χ2v) is 9.95. The number of hydrogen-bond donors (Lipinski definition) is 0. The van der Waals surface area contributed by atoms with Gasteiger partial charge >= 0.3 is 0 Å². The van der Waals surface area contributed by atoms with Crippen LogP contribution in [-0.4, -0.2) is 21.9 Å². The second-order valence-electron chi connectivity index (χ2n) is 6.20. The smallest absolute Gasteiger partial charge is 0.269 e. The normalized spacial score (nSPS) is 12.0. The molecule has 0 saturated carbocycles. The van der Waals surface area contributed by atoms with Crippen LogP contribution >= 0.6 is 38.5 Å². The lowest BCUT2D eigenvalue weighted by molar-refractivity contribution is 0.588. The van der Waals surface area contributed by atoms with E-state index in [-0.39, 0.29) is 4.90 Å². The number of nitrogens with zero attached hydrogens (tertiary/aromatic N) is 3. The Kier molecular flexibility index (Phi) is 4.68. The van der Waals surface area contributed by atoms with Crippen molar-refractivity contribution in [1.82, 2.24) is 13.5 Å². The van der Waals surface area contributed by atoms with Crippen LogP contribution in [0.5, 0.6) is 0 Å². The molecule has 0 fully saturated rings. The molecule has 3 heterocycles. The number of halogens is 2. The molecule has 0 aliphatic heterocycles. The molecular weight excluding hydrogens is 541 g/mol. The third-order valence-electron chi connectivity index (χ3n) is 4.40. The SMILES string of the molecule is Cc1ccc(C)n1-c1nc2cc(I)n(S(=O)(=O)c3ccccc3)c2cc1Br. The molecule has 0 aliphatic rings. The summed E-state index contributed by atoms with van der Waals surface area (Å²) in [7, 11) is -3.71. The topological polar surface area (TPSA) is 56.9 Å². The number of aromatic nitrogens is 3. The third kappa shape index (κ3) is 3.03. The third-order valence-corrected chi connectivity index (χ3v) is 7.85. The summed E-state index contributed by atoms with van der Waals surface area (Å²) in [5, 5.41) is 0. The van der Waals surface area contributed by atoms with Crippen molar-refractivity contribution in [2.45, 2.75) is 18.7 Å². The molecule has 0 spiro atoms. The number of fused-ring (bicyclic) bond motifs is 1. The largest absolute Gasteiger partial charge is 0.302 e. The molecule has 0 N–H and O–H groups in total. The summed E-state index contributed by atoms with van der Waals surface area (Å²) in [6, 6.07) is 16.1. The second kappa shape index (κ2) is 6.75. The number of hydrogen-bond acceptors (Lipinski definition) is 3. The lowest BCUT2D eigenvalue weighted by Crippen LogP contribution is -2.14. The highest BCUT2D eigenvalue weighted by atomic mass is 127. The zero-order chi connectivity index (χ0) is 19.3. The van der Waals surface area contributed by atoms with E-state index in [0.717, 1.165) is 21.7 Å². The predicted molar refractivity (Wildman–Crippen MR) is 118 cm³/mol. The lowest BCUT2D eigenvalue weighted by atomic mass is 10.3. The predicted octanol–water partition coefficient (Wildman–Crippen LogP) is 5.05. The summed E-state index contributed by atoms with van der Waals surface area (Å²) in [5.74, 6) is 0.744. The average molecular weight is 556 g/mol. The summed E-state index contributed by atoms with van der Waals surface area (Å²) in [6.45, 7) is 4.03. The fraction of sp³-hybridized carbons (Fsp3) is 0.105. The Morgan fingerprint density at radius 1 is 1.00 bits per heavy atom. The maximum absolute atomic E-state index is 13.2. The minimum Gasteiger partial charge on any atom is -0.302 e. The fourth-order valence-electron chi connectivity index (χ4n) is 3.14. The van der Waals surface area contributed by atoms with Crippen LogP contribution in [0.1, 0.15) is 11.4 Å². The molecule has 5 nitrogen and oxygen atoms in total. The van der Waals surface area contributed by atoms with Crippen LogP contribution in [0.15, 0.2) is 64.0 Å². The van der Waals surface area contributed by atoms with Crippen LogP contribution in [0.3, 0.4) is 0 Å². The maximum Gasteiger partial charge on any atom is 0.269 e. The van der Waals surface area contributed by atoms with E-state index in [1.54, 1.807) is 36.4 Å². The van der Waals surface area contributed by atoms with E-state index in [2.05, 4.69) is 15.9 Å². The monoisotopic (exact) mass is 555 g/mol. The van der Waals surface area contributed by atoms with Gasteiger partial charge in [-0.25, -0.2) is 17.4 Å². The molecule has 0 radical (unpaired) electrons. The Labute approximate surface area is 179 Å². The molecule has 3 aromatic heterocycles. The molecule has 0 bridgehead atoms. The summed E-state index contributed by atoms with van der Waals surface area (Å²) < 4.78 is 31.0. The zero-order valence-corrected chi connectivity index (χ0v) is 19.1. The molecule has 8 heteroatoms. The molecule has 1 aromatic carbocycles. The van der Waals surface area contributed by atoms with Gasteiger partial charge in [-0.1, -0.05) is 18.2 Å². The van der Waals surface area contributed by atoms with Gasteiger partial charge in [0.05, 0.1) is 24.1 Å². The van der Waals surface area contributed by atoms with E-state index in [9.17, 15) is 8.42 Å². The molecule has 138 valence electrons. The lowest BCUT2D eigenvalue weighted by Gasteiger charge is -2.12. The van der Waals surface area contributed by atoms with Crippen LogP contribution < -0.4 is 0 Å². The van der Waals surface area contributed by atoms with Crippen molar-refractivity contribution in [1.29, 1.82) is 0 Å². The van der Waals surface area contributed by atoms with E-state index < -0.39 is 10.0 Å². The van der Waals surface area contributed by atoms with E-state index >= 15 is 0 Å². The molecular formula is C19H15BrIN3O2S. The summed E-state index contributed by atoms with van der Waals surface area (Å²) in [6.07, 6.45) is 0. The summed E-state index contributed by atoms with van der Waals surface area (Å²) in [5.41, 5.74) is 3.29. The van der Waals surface area contributed by atoms with Gasteiger partial charge in [0.25, 0.3) is 10.0 Å². The first-order chi connectivity index (χ1) is 12.8. The van der Waals surface area contributed by atoms with Crippen LogP contribution in [0.4, 0.5) is 0 Å². The van der Waals surface area contributed by atoms with Crippen molar-refractivity contribution < 1.29 is 8.42 Å². The van der Waals surface area contributed by atoms with Gasteiger partial charge in [-0.15, -0.1) is 0 Å². The Hall–Kier alpha value is -1.65. The standard InChI is InChI=1S/C19H15BrIN3O2S/c1-12-8-9-13(2)23(12)19-15(20)10-17-16(22-19)11-18(21)24(17)27(25,26)14-6-4-3-5-7-14/h3-11H,1-2H3. The number of aryl methyl sites for hydroxylation is 2. The first-order valence-corrected chi connectivity index (χ1v) is 11.5. The van der Waals surface area contributed by atoms with Crippen molar-refractivity contribution in [3.8, 4) is 5.82 Å². The molecule has 0 aliphatic carbocycles. The zero-order valence-electron chi connectivity index (χ0n) is 14.5. The van der Waals surface area contributed by atoms with Gasteiger partial charge in [-0.2, -0.15) is 0 Å². The quantitative estimate of drug-likeness (QED) is 0.332. The molecule has 0 saturated heterocycles. The average Bonchev–Trinajstić information content (AvgIpc) is 3.13. The van der Waals surface area contributed by atoms with Crippen molar-refractivity contribution in [2.24, 2.45) is 0 Å².